The molecule has 0 fully saturated rings. The predicted octanol–water partition coefficient (Wildman–Crippen LogP) is 4.57. The highest BCUT2D eigenvalue weighted by Crippen LogP contribution is 2.25. The predicted molar refractivity (Wildman–Crippen MR) is 77.0 cm³/mol. The molecule has 0 unspecified atom stereocenters. The van der Waals surface area contributed by atoms with Crippen molar-refractivity contribution >= 4 is 28.2 Å². The largest absolute Gasteiger partial charge is 0.377 e. The van der Waals surface area contributed by atoms with Crippen molar-refractivity contribution in [3.8, 4) is 0 Å². The molecule has 0 aliphatic carbocycles. The maximum Gasteiger partial charge on any atom is 0.147 e. The van der Waals surface area contributed by atoms with E-state index in [-0.39, 0.29) is 5.82 Å². The third-order valence-electron chi connectivity index (χ3n) is 3.05. The summed E-state index contributed by atoms with van der Waals surface area (Å²) >= 11 is 5.97. The molecule has 4 heteroatoms. The maximum absolute atomic E-state index is 13.6. The molecule has 0 aliphatic rings. The number of fused-ring (bicyclic) bond motifs is 1. The number of benzene rings is 2. The van der Waals surface area contributed by atoms with Gasteiger partial charge in [-0.05, 0) is 41.3 Å². The smallest absolute Gasteiger partial charge is 0.147 e. The number of hydrogen-bond donors (Lipinski definition) is 2. The lowest BCUT2D eigenvalue weighted by atomic mass is 10.1. The molecule has 0 amide bonds. The molecule has 0 saturated carbocycles. The van der Waals surface area contributed by atoms with Crippen LogP contribution in [0.15, 0.2) is 48.7 Å². The van der Waals surface area contributed by atoms with E-state index in [0.717, 1.165) is 16.5 Å². The second-order valence-corrected chi connectivity index (χ2v) is 4.76. The number of hydrogen-bond acceptors (Lipinski definition) is 1. The standard InChI is InChI=1S/C15H12ClFN2/c16-12-2-1-3-13(17)15(12)19-9-10-4-5-14-11(8-10)6-7-18-14/h1-8,18-19H,9H2. The van der Waals surface area contributed by atoms with Crippen molar-refractivity contribution in [2.45, 2.75) is 6.54 Å². The maximum atomic E-state index is 13.6. The highest BCUT2D eigenvalue weighted by atomic mass is 35.5. The van der Waals surface area contributed by atoms with Crippen molar-refractivity contribution in [2.75, 3.05) is 5.32 Å². The van der Waals surface area contributed by atoms with Gasteiger partial charge >= 0.3 is 0 Å². The SMILES string of the molecule is Fc1cccc(Cl)c1NCc1ccc2[nH]ccc2c1. The first-order chi connectivity index (χ1) is 9.24. The van der Waals surface area contributed by atoms with E-state index in [9.17, 15) is 4.39 Å². The van der Waals surface area contributed by atoms with Crippen LogP contribution in [0.5, 0.6) is 0 Å². The monoisotopic (exact) mass is 274 g/mol. The second-order valence-electron chi connectivity index (χ2n) is 4.35. The molecule has 0 aliphatic heterocycles. The summed E-state index contributed by atoms with van der Waals surface area (Å²) in [5, 5.41) is 4.57. The highest BCUT2D eigenvalue weighted by molar-refractivity contribution is 6.33. The summed E-state index contributed by atoms with van der Waals surface area (Å²) in [5.74, 6) is -0.338. The van der Waals surface area contributed by atoms with Crippen LogP contribution in [0.4, 0.5) is 10.1 Å². The molecule has 2 nitrogen and oxygen atoms in total. The number of anilines is 1. The first-order valence-electron chi connectivity index (χ1n) is 5.98. The minimum absolute atomic E-state index is 0.338. The van der Waals surface area contributed by atoms with E-state index in [2.05, 4.69) is 16.4 Å². The lowest BCUT2D eigenvalue weighted by Gasteiger charge is -2.09. The molecule has 0 atom stereocenters. The topological polar surface area (TPSA) is 27.8 Å². The Balaban J connectivity index is 1.82. The van der Waals surface area contributed by atoms with E-state index in [1.807, 2.05) is 24.4 Å². The molecule has 2 N–H and O–H groups in total. The Morgan fingerprint density at radius 3 is 2.89 bits per heavy atom. The van der Waals surface area contributed by atoms with Crippen LogP contribution in [0.25, 0.3) is 10.9 Å². The third-order valence-corrected chi connectivity index (χ3v) is 3.36. The number of rotatable bonds is 3. The molecule has 0 bridgehead atoms. The summed E-state index contributed by atoms with van der Waals surface area (Å²) in [6.07, 6.45) is 1.90. The van der Waals surface area contributed by atoms with Crippen LogP contribution in [0.1, 0.15) is 5.56 Å². The zero-order chi connectivity index (χ0) is 13.2. The van der Waals surface area contributed by atoms with Gasteiger partial charge in [0.25, 0.3) is 0 Å². The average Bonchev–Trinajstić information content (AvgIpc) is 2.85. The lowest BCUT2D eigenvalue weighted by molar-refractivity contribution is 0.630. The summed E-state index contributed by atoms with van der Waals surface area (Å²) in [6.45, 7) is 0.530. The van der Waals surface area contributed by atoms with E-state index in [4.69, 9.17) is 11.6 Å². The molecule has 96 valence electrons. The van der Waals surface area contributed by atoms with Gasteiger partial charge in [-0.1, -0.05) is 23.7 Å². The number of nitrogens with one attached hydrogen (secondary N) is 2. The molecule has 1 heterocycles. The van der Waals surface area contributed by atoms with Gasteiger partial charge in [-0.25, -0.2) is 4.39 Å². The van der Waals surface area contributed by atoms with Crippen molar-refractivity contribution in [1.82, 2.24) is 4.98 Å². The van der Waals surface area contributed by atoms with Crippen molar-refractivity contribution in [1.29, 1.82) is 0 Å². The Morgan fingerprint density at radius 2 is 2.05 bits per heavy atom. The first-order valence-corrected chi connectivity index (χ1v) is 6.36. The van der Waals surface area contributed by atoms with Crippen molar-refractivity contribution in [2.24, 2.45) is 0 Å². The summed E-state index contributed by atoms with van der Waals surface area (Å²) in [5.41, 5.74) is 2.51. The van der Waals surface area contributed by atoms with Gasteiger partial charge in [-0.2, -0.15) is 0 Å². The van der Waals surface area contributed by atoms with Gasteiger partial charge in [0.1, 0.15) is 5.82 Å². The first kappa shape index (κ1) is 12.1. The van der Waals surface area contributed by atoms with E-state index in [1.165, 1.54) is 6.07 Å². The van der Waals surface area contributed by atoms with Gasteiger partial charge in [-0.15, -0.1) is 0 Å². The number of halogens is 2. The fourth-order valence-electron chi connectivity index (χ4n) is 2.07. The normalized spacial score (nSPS) is 10.8. The van der Waals surface area contributed by atoms with Crippen LogP contribution in [0, 0.1) is 5.82 Å². The molecule has 0 saturated heterocycles. The quantitative estimate of drug-likeness (QED) is 0.719. The van der Waals surface area contributed by atoms with Crippen molar-refractivity contribution in [3.05, 3.63) is 65.1 Å². The molecule has 3 aromatic rings. The van der Waals surface area contributed by atoms with Gasteiger partial charge in [0.2, 0.25) is 0 Å². The molecular weight excluding hydrogens is 263 g/mol. The molecule has 19 heavy (non-hydrogen) atoms. The van der Waals surface area contributed by atoms with E-state index >= 15 is 0 Å². The fraction of sp³-hybridized carbons (Fsp3) is 0.0667. The summed E-state index contributed by atoms with van der Waals surface area (Å²) in [6, 6.07) is 12.7. The van der Waals surface area contributed by atoms with E-state index in [1.54, 1.807) is 12.1 Å². The van der Waals surface area contributed by atoms with Crippen molar-refractivity contribution in [3.63, 3.8) is 0 Å². The molecule has 1 aromatic heterocycles. The van der Waals surface area contributed by atoms with Gasteiger partial charge in [-0.3, -0.25) is 0 Å². The Hall–Kier alpha value is -2.00. The van der Waals surface area contributed by atoms with Gasteiger partial charge in [0.05, 0.1) is 10.7 Å². The van der Waals surface area contributed by atoms with E-state index in [0.29, 0.717) is 17.3 Å². The Kier molecular flexibility index (Phi) is 3.13. The fourth-order valence-corrected chi connectivity index (χ4v) is 2.30. The third kappa shape index (κ3) is 2.42. The van der Waals surface area contributed by atoms with Crippen LogP contribution < -0.4 is 5.32 Å². The highest BCUT2D eigenvalue weighted by Gasteiger charge is 2.06. The van der Waals surface area contributed by atoms with Crippen LogP contribution in [0.2, 0.25) is 5.02 Å². The van der Waals surface area contributed by atoms with Gasteiger partial charge in [0, 0.05) is 18.3 Å². The summed E-state index contributed by atoms with van der Waals surface area (Å²) in [4.78, 5) is 3.14. The number of para-hydroxylation sites is 1. The van der Waals surface area contributed by atoms with Gasteiger partial charge in [0.15, 0.2) is 0 Å². The van der Waals surface area contributed by atoms with E-state index < -0.39 is 0 Å². The Bertz CT molecular complexity index is 701. The lowest BCUT2D eigenvalue weighted by Crippen LogP contribution is -2.02. The molecular formula is C15H12ClFN2. The zero-order valence-electron chi connectivity index (χ0n) is 10.1. The summed E-state index contributed by atoms with van der Waals surface area (Å²) < 4.78 is 13.6. The number of aromatic nitrogens is 1. The molecule has 2 aromatic carbocycles. The molecule has 3 rings (SSSR count). The Morgan fingerprint density at radius 1 is 1.16 bits per heavy atom. The Labute approximate surface area is 115 Å². The molecule has 0 spiro atoms. The van der Waals surface area contributed by atoms with Crippen LogP contribution >= 0.6 is 11.6 Å². The van der Waals surface area contributed by atoms with Gasteiger partial charge < -0.3 is 10.3 Å². The van der Waals surface area contributed by atoms with Crippen LogP contribution in [0.3, 0.4) is 0 Å². The zero-order valence-corrected chi connectivity index (χ0v) is 10.8. The van der Waals surface area contributed by atoms with Crippen LogP contribution in [-0.2, 0) is 6.54 Å². The minimum atomic E-state index is -0.338. The minimum Gasteiger partial charge on any atom is -0.377 e. The van der Waals surface area contributed by atoms with Crippen LogP contribution in [-0.4, -0.2) is 4.98 Å². The number of H-pyrrole nitrogens is 1. The molecule has 0 radical (unpaired) electrons. The number of aromatic amines is 1. The van der Waals surface area contributed by atoms with Crippen molar-refractivity contribution < 1.29 is 4.39 Å². The second kappa shape index (κ2) is 4.94. The summed E-state index contributed by atoms with van der Waals surface area (Å²) in [7, 11) is 0. The average molecular weight is 275 g/mol.